The number of halogens is 1. The fraction of sp³-hybridized carbons (Fsp3) is 0.571. The van der Waals surface area contributed by atoms with E-state index in [1.165, 1.54) is 22.8 Å². The highest BCUT2D eigenvalue weighted by Gasteiger charge is 2.16. The van der Waals surface area contributed by atoms with Crippen molar-refractivity contribution in [1.82, 2.24) is 0 Å². The summed E-state index contributed by atoms with van der Waals surface area (Å²) in [5, 5.41) is 0. The number of hydrogen-bond donors (Lipinski definition) is 1. The van der Waals surface area contributed by atoms with Crippen LogP contribution in [0.4, 0.5) is 5.69 Å². The lowest BCUT2D eigenvalue weighted by molar-refractivity contribution is 0.644. The van der Waals surface area contributed by atoms with Gasteiger partial charge in [0, 0.05) is 40.8 Å². The molecule has 1 heterocycles. The molecule has 1 aromatic rings. The maximum Gasteiger partial charge on any atom is 0.0400 e. The third-order valence-corrected chi connectivity index (χ3v) is 4.84. The Bertz CT molecular complexity index is 391. The van der Waals surface area contributed by atoms with Crippen molar-refractivity contribution in [2.45, 2.75) is 25.8 Å². The molecule has 0 spiro atoms. The predicted octanol–water partition coefficient (Wildman–Crippen LogP) is 3.28. The van der Waals surface area contributed by atoms with Crippen molar-refractivity contribution in [3.63, 3.8) is 0 Å². The van der Waals surface area contributed by atoms with Crippen molar-refractivity contribution in [2.24, 2.45) is 5.73 Å². The Balaban J connectivity index is 2.21. The van der Waals surface area contributed by atoms with Crippen LogP contribution in [0.2, 0.25) is 0 Å². The molecule has 0 saturated carbocycles. The van der Waals surface area contributed by atoms with Crippen LogP contribution in [0.25, 0.3) is 0 Å². The minimum atomic E-state index is 0.261. The molecule has 0 aromatic heterocycles. The smallest absolute Gasteiger partial charge is 0.0400 e. The summed E-state index contributed by atoms with van der Waals surface area (Å²) in [6, 6.07) is 6.86. The number of nitrogens with two attached hydrogens (primary N) is 1. The quantitative estimate of drug-likeness (QED) is 0.919. The maximum atomic E-state index is 6.12. The van der Waals surface area contributed by atoms with Crippen LogP contribution in [0.3, 0.4) is 0 Å². The van der Waals surface area contributed by atoms with Crippen LogP contribution in [0.5, 0.6) is 0 Å². The fourth-order valence-corrected chi connectivity index (χ4v) is 3.57. The third kappa shape index (κ3) is 3.65. The number of nitrogens with zero attached hydrogens (tertiary/aromatic N) is 1. The minimum Gasteiger partial charge on any atom is -0.370 e. The van der Waals surface area contributed by atoms with Gasteiger partial charge in [-0.05, 0) is 36.6 Å². The lowest BCUT2D eigenvalue weighted by atomic mass is 10.0. The van der Waals surface area contributed by atoms with Crippen LogP contribution < -0.4 is 10.6 Å². The Morgan fingerprint density at radius 2 is 2.11 bits per heavy atom. The van der Waals surface area contributed by atoms with Gasteiger partial charge in [-0.3, -0.25) is 0 Å². The Labute approximate surface area is 122 Å². The molecular formula is C14H21BrN2S. The maximum absolute atomic E-state index is 6.12. The van der Waals surface area contributed by atoms with Crippen molar-refractivity contribution >= 4 is 33.4 Å². The van der Waals surface area contributed by atoms with Crippen LogP contribution in [0.1, 0.15) is 18.9 Å². The lowest BCUT2D eigenvalue weighted by Crippen LogP contribution is -2.33. The Morgan fingerprint density at radius 1 is 1.39 bits per heavy atom. The van der Waals surface area contributed by atoms with Gasteiger partial charge in [0.2, 0.25) is 0 Å². The first kappa shape index (κ1) is 14.2. The topological polar surface area (TPSA) is 29.3 Å². The molecule has 1 aliphatic heterocycles. The Kier molecular flexibility index (Phi) is 5.39. The minimum absolute atomic E-state index is 0.261. The first-order valence-electron chi connectivity index (χ1n) is 6.57. The number of benzene rings is 1. The van der Waals surface area contributed by atoms with Gasteiger partial charge in [0.15, 0.2) is 0 Å². The lowest BCUT2D eigenvalue weighted by Gasteiger charge is -2.31. The van der Waals surface area contributed by atoms with Gasteiger partial charge in [-0.2, -0.15) is 11.8 Å². The fourth-order valence-electron chi connectivity index (χ4n) is 2.26. The molecule has 0 amide bonds. The second-order valence-electron chi connectivity index (χ2n) is 4.74. The Morgan fingerprint density at radius 3 is 2.78 bits per heavy atom. The van der Waals surface area contributed by atoms with Crippen molar-refractivity contribution in [2.75, 3.05) is 29.5 Å². The molecule has 1 fully saturated rings. The first-order chi connectivity index (χ1) is 8.70. The van der Waals surface area contributed by atoms with Crippen LogP contribution in [0.15, 0.2) is 22.7 Å². The molecule has 18 heavy (non-hydrogen) atoms. The summed E-state index contributed by atoms with van der Waals surface area (Å²) >= 11 is 5.61. The summed E-state index contributed by atoms with van der Waals surface area (Å²) < 4.78 is 1.15. The molecule has 100 valence electrons. The molecule has 2 rings (SSSR count). The average Bonchev–Trinajstić information content (AvgIpc) is 2.40. The average molecular weight is 329 g/mol. The summed E-state index contributed by atoms with van der Waals surface area (Å²) in [4.78, 5) is 2.50. The number of thioether (sulfide) groups is 1. The normalized spacial score (nSPS) is 17.8. The number of hydrogen-bond acceptors (Lipinski definition) is 3. The molecule has 1 unspecified atom stereocenters. The molecule has 0 radical (unpaired) electrons. The van der Waals surface area contributed by atoms with E-state index in [2.05, 4.69) is 46.0 Å². The van der Waals surface area contributed by atoms with E-state index in [0.717, 1.165) is 30.4 Å². The molecule has 1 saturated heterocycles. The standard InChI is InChI=1S/C14H21BrN2S/c1-2-13(16)10-11-9-12(15)3-4-14(11)17-5-7-18-8-6-17/h3-4,9,13H,2,5-8,10,16H2,1H3. The van der Waals surface area contributed by atoms with E-state index in [4.69, 9.17) is 5.73 Å². The van der Waals surface area contributed by atoms with Gasteiger partial charge in [0.25, 0.3) is 0 Å². The highest BCUT2D eigenvalue weighted by molar-refractivity contribution is 9.10. The van der Waals surface area contributed by atoms with E-state index in [0.29, 0.717) is 0 Å². The van der Waals surface area contributed by atoms with E-state index in [1.54, 1.807) is 0 Å². The monoisotopic (exact) mass is 328 g/mol. The summed E-state index contributed by atoms with van der Waals surface area (Å²) in [6.45, 7) is 4.46. The molecule has 0 aliphatic carbocycles. The van der Waals surface area contributed by atoms with Gasteiger partial charge in [-0.1, -0.05) is 22.9 Å². The molecule has 1 aliphatic rings. The van der Waals surface area contributed by atoms with Gasteiger partial charge in [-0.25, -0.2) is 0 Å². The van der Waals surface area contributed by atoms with E-state index >= 15 is 0 Å². The molecule has 1 atom stereocenters. The Hall–Kier alpha value is -0.190. The van der Waals surface area contributed by atoms with E-state index in [-0.39, 0.29) is 6.04 Å². The summed E-state index contributed by atoms with van der Waals surface area (Å²) in [5.41, 5.74) is 8.87. The van der Waals surface area contributed by atoms with Gasteiger partial charge in [0.05, 0.1) is 0 Å². The van der Waals surface area contributed by atoms with Gasteiger partial charge >= 0.3 is 0 Å². The van der Waals surface area contributed by atoms with Crippen LogP contribution in [-0.4, -0.2) is 30.6 Å². The largest absolute Gasteiger partial charge is 0.370 e. The zero-order valence-electron chi connectivity index (χ0n) is 10.9. The van der Waals surface area contributed by atoms with E-state index in [1.807, 2.05) is 11.8 Å². The van der Waals surface area contributed by atoms with E-state index in [9.17, 15) is 0 Å². The third-order valence-electron chi connectivity index (χ3n) is 3.40. The predicted molar refractivity (Wildman–Crippen MR) is 85.7 cm³/mol. The van der Waals surface area contributed by atoms with Crippen molar-refractivity contribution in [1.29, 1.82) is 0 Å². The van der Waals surface area contributed by atoms with E-state index < -0.39 is 0 Å². The number of anilines is 1. The summed E-state index contributed by atoms with van der Waals surface area (Å²) in [6.07, 6.45) is 2.00. The zero-order chi connectivity index (χ0) is 13.0. The van der Waals surface area contributed by atoms with Crippen LogP contribution in [-0.2, 0) is 6.42 Å². The summed E-state index contributed by atoms with van der Waals surface area (Å²) in [5.74, 6) is 2.46. The molecular weight excluding hydrogens is 308 g/mol. The SMILES string of the molecule is CCC(N)Cc1cc(Br)ccc1N1CCSCC1. The van der Waals surface area contributed by atoms with Crippen LogP contribution in [0, 0.1) is 0 Å². The second-order valence-corrected chi connectivity index (χ2v) is 6.89. The second kappa shape index (κ2) is 6.83. The molecule has 2 N–H and O–H groups in total. The summed E-state index contributed by atoms with van der Waals surface area (Å²) in [7, 11) is 0. The highest BCUT2D eigenvalue weighted by Crippen LogP contribution is 2.28. The highest BCUT2D eigenvalue weighted by atomic mass is 79.9. The van der Waals surface area contributed by atoms with Crippen molar-refractivity contribution in [3.8, 4) is 0 Å². The molecule has 1 aromatic carbocycles. The molecule has 2 nitrogen and oxygen atoms in total. The van der Waals surface area contributed by atoms with Crippen molar-refractivity contribution < 1.29 is 0 Å². The van der Waals surface area contributed by atoms with Crippen LogP contribution >= 0.6 is 27.7 Å². The first-order valence-corrected chi connectivity index (χ1v) is 8.52. The molecule has 0 bridgehead atoms. The number of rotatable bonds is 4. The molecule has 4 heteroatoms. The van der Waals surface area contributed by atoms with Gasteiger partial charge in [-0.15, -0.1) is 0 Å². The van der Waals surface area contributed by atoms with Gasteiger partial charge < -0.3 is 10.6 Å². The van der Waals surface area contributed by atoms with Gasteiger partial charge in [0.1, 0.15) is 0 Å². The van der Waals surface area contributed by atoms with Crippen molar-refractivity contribution in [3.05, 3.63) is 28.2 Å². The zero-order valence-corrected chi connectivity index (χ0v) is 13.3.